The van der Waals surface area contributed by atoms with Crippen molar-refractivity contribution in [3.63, 3.8) is 0 Å². The third-order valence-electron chi connectivity index (χ3n) is 14.8. The van der Waals surface area contributed by atoms with E-state index in [0.29, 0.717) is 50.7 Å². The van der Waals surface area contributed by atoms with E-state index >= 15 is 0 Å². The maximum Gasteiger partial charge on any atom is 0.329 e. The molecule has 13 heteroatoms. The van der Waals surface area contributed by atoms with E-state index in [1.165, 1.54) is 17.6 Å². The fourth-order valence-electron chi connectivity index (χ4n) is 10.7. The van der Waals surface area contributed by atoms with Crippen LogP contribution in [0.1, 0.15) is 123 Å². The number of aryl methyl sites for hydroxylation is 1. The van der Waals surface area contributed by atoms with Crippen LogP contribution in [0.2, 0.25) is 0 Å². The zero-order valence-electron chi connectivity index (χ0n) is 41.2. The second kappa shape index (κ2) is 24.6. The summed E-state index contributed by atoms with van der Waals surface area (Å²) in [6.07, 6.45) is 8.97. The Balaban J connectivity index is 1.44. The molecule has 0 radical (unpaired) electrons. The van der Waals surface area contributed by atoms with Crippen molar-refractivity contribution < 1.29 is 57.8 Å². The quantitative estimate of drug-likeness (QED) is 0.135. The van der Waals surface area contributed by atoms with Gasteiger partial charge in [-0.1, -0.05) is 81.8 Å². The predicted octanol–water partition coefficient (Wildman–Crippen LogP) is 7.52. The zero-order chi connectivity index (χ0) is 48.3. The van der Waals surface area contributed by atoms with Crippen LogP contribution in [0, 0.1) is 36.5 Å². The molecule has 5 rings (SSSR count). The number of benzene rings is 1. The van der Waals surface area contributed by atoms with Crippen LogP contribution < -0.4 is 0 Å². The van der Waals surface area contributed by atoms with Gasteiger partial charge in [-0.25, -0.2) is 4.79 Å². The largest absolute Gasteiger partial charge is 0.456 e. The minimum atomic E-state index is -2.51. The zero-order valence-corrected chi connectivity index (χ0v) is 41.2. The molecule has 0 aromatic heterocycles. The van der Waals surface area contributed by atoms with Crippen molar-refractivity contribution in [1.82, 2.24) is 4.90 Å². The SMILES string of the molecule is CCC1C=C(C)CC(C)CC(OC)C2OC(O)(C(=O)C(=O)N3CCCCC3C(=O)OC(C(C)=CC3CCC(OCC=Cc4ccccc4C)C(OC)C3)C(C)C(O)CC1=O)C(C)CC2OC. The Bertz CT molecular complexity index is 1890. The first-order valence-electron chi connectivity index (χ1n) is 24.4. The number of piperidine rings is 1. The predicted molar refractivity (Wildman–Crippen MR) is 252 cm³/mol. The second-order valence-corrected chi connectivity index (χ2v) is 19.7. The van der Waals surface area contributed by atoms with Gasteiger partial charge in [0.05, 0.1) is 37.1 Å². The lowest BCUT2D eigenvalue weighted by atomic mass is 9.81. The topological polar surface area (TPSA) is 167 Å². The Morgan fingerprint density at radius 1 is 0.894 bits per heavy atom. The number of ketones is 2. The van der Waals surface area contributed by atoms with Crippen molar-refractivity contribution >= 4 is 29.5 Å². The summed E-state index contributed by atoms with van der Waals surface area (Å²) in [4.78, 5) is 58.4. The number of Topliss-reactive ketones (excluding diaryl/α,β-unsaturated/α-hetero) is 2. The Morgan fingerprint density at radius 3 is 2.27 bits per heavy atom. The van der Waals surface area contributed by atoms with E-state index in [0.717, 1.165) is 24.0 Å². The number of hydrogen-bond donors (Lipinski definition) is 2. The normalized spacial score (nSPS) is 36.4. The molecule has 2 bridgehead atoms. The molecule has 3 heterocycles. The summed E-state index contributed by atoms with van der Waals surface area (Å²) in [7, 11) is 4.77. The van der Waals surface area contributed by atoms with E-state index in [9.17, 15) is 29.4 Å². The summed E-state index contributed by atoms with van der Waals surface area (Å²) in [6.45, 7) is 13.9. The summed E-state index contributed by atoms with van der Waals surface area (Å²) in [5.74, 6) is -7.43. The molecule has 2 N–H and O–H groups in total. The highest BCUT2D eigenvalue weighted by atomic mass is 16.7. The van der Waals surface area contributed by atoms with Crippen LogP contribution in [0.4, 0.5) is 0 Å². The number of aliphatic hydroxyl groups is 2. The number of nitrogens with zero attached hydrogens (tertiary/aromatic N) is 1. The molecule has 66 heavy (non-hydrogen) atoms. The summed E-state index contributed by atoms with van der Waals surface area (Å²) in [6, 6.07) is 7.05. The van der Waals surface area contributed by atoms with Gasteiger partial charge in [0.2, 0.25) is 5.79 Å². The van der Waals surface area contributed by atoms with Gasteiger partial charge in [-0.2, -0.15) is 0 Å². The Kier molecular flexibility index (Phi) is 19.9. The number of ether oxygens (including phenoxy) is 6. The van der Waals surface area contributed by atoms with Gasteiger partial charge >= 0.3 is 5.97 Å². The molecule has 1 aromatic carbocycles. The number of methoxy groups -OCH3 is 3. The van der Waals surface area contributed by atoms with E-state index in [1.807, 2.05) is 45.1 Å². The van der Waals surface area contributed by atoms with Crippen molar-refractivity contribution in [2.75, 3.05) is 34.5 Å². The molecule has 368 valence electrons. The molecule has 13 nitrogen and oxygen atoms in total. The highest BCUT2D eigenvalue weighted by Crippen LogP contribution is 2.39. The lowest BCUT2D eigenvalue weighted by Gasteiger charge is -2.47. The number of aliphatic hydroxyl groups excluding tert-OH is 1. The molecule has 1 amide bonds. The van der Waals surface area contributed by atoms with E-state index in [4.69, 9.17) is 28.4 Å². The fourth-order valence-corrected chi connectivity index (χ4v) is 10.7. The highest BCUT2D eigenvalue weighted by Gasteiger charge is 2.56. The molecule has 1 saturated carbocycles. The van der Waals surface area contributed by atoms with E-state index in [2.05, 4.69) is 38.1 Å². The first-order chi connectivity index (χ1) is 31.4. The number of amides is 1. The molecule has 3 aliphatic heterocycles. The number of cyclic esters (lactones) is 1. The van der Waals surface area contributed by atoms with Crippen LogP contribution in [0.5, 0.6) is 0 Å². The van der Waals surface area contributed by atoms with Crippen LogP contribution >= 0.6 is 0 Å². The lowest BCUT2D eigenvalue weighted by Crippen LogP contribution is -2.64. The summed E-state index contributed by atoms with van der Waals surface area (Å²) >= 11 is 0. The summed E-state index contributed by atoms with van der Waals surface area (Å²) in [5.41, 5.74) is 4.04. The van der Waals surface area contributed by atoms with Gasteiger partial charge in [0.15, 0.2) is 0 Å². The molecule has 1 aromatic rings. The minimum absolute atomic E-state index is 0.0328. The first kappa shape index (κ1) is 53.4. The van der Waals surface area contributed by atoms with Crippen molar-refractivity contribution in [1.29, 1.82) is 0 Å². The average molecular weight is 922 g/mol. The summed E-state index contributed by atoms with van der Waals surface area (Å²) < 4.78 is 36.7. The molecule has 14 unspecified atom stereocenters. The van der Waals surface area contributed by atoms with Gasteiger partial charge in [-0.15, -0.1) is 0 Å². The van der Waals surface area contributed by atoms with E-state index in [1.54, 1.807) is 28.1 Å². The Labute approximate surface area is 393 Å². The third kappa shape index (κ3) is 13.1. The van der Waals surface area contributed by atoms with Gasteiger partial charge in [-0.05, 0) is 114 Å². The maximum atomic E-state index is 14.5. The first-order valence-corrected chi connectivity index (χ1v) is 24.4. The number of hydrogen-bond acceptors (Lipinski definition) is 12. The van der Waals surface area contributed by atoms with Crippen LogP contribution in [0.15, 0.2) is 53.6 Å². The van der Waals surface area contributed by atoms with Crippen molar-refractivity contribution in [3.8, 4) is 0 Å². The van der Waals surface area contributed by atoms with Gasteiger partial charge in [-0.3, -0.25) is 14.4 Å². The smallest absolute Gasteiger partial charge is 0.329 e. The van der Waals surface area contributed by atoms with Gasteiger partial charge in [0.1, 0.15) is 24.0 Å². The second-order valence-electron chi connectivity index (χ2n) is 19.7. The Hall–Kier alpha value is -3.56. The molecular weight excluding hydrogens is 843 g/mol. The highest BCUT2D eigenvalue weighted by molar-refractivity contribution is 6.39. The number of carbonyl (C=O) groups is 4. The van der Waals surface area contributed by atoms with E-state index in [-0.39, 0.29) is 55.6 Å². The van der Waals surface area contributed by atoms with E-state index < -0.39 is 77.8 Å². The number of allylic oxidation sites excluding steroid dienone is 3. The van der Waals surface area contributed by atoms with Crippen LogP contribution in [0.25, 0.3) is 6.08 Å². The van der Waals surface area contributed by atoms with Crippen LogP contribution in [-0.4, -0.2) is 128 Å². The number of carbonyl (C=O) groups excluding carboxylic acids is 4. The van der Waals surface area contributed by atoms with Crippen molar-refractivity contribution in [2.45, 2.75) is 174 Å². The monoisotopic (exact) mass is 922 g/mol. The van der Waals surface area contributed by atoms with Gasteiger partial charge in [0.25, 0.3) is 11.7 Å². The number of fused-ring (bicyclic) bond motifs is 3. The molecule has 14 atom stereocenters. The number of esters is 1. The summed E-state index contributed by atoms with van der Waals surface area (Å²) in [5, 5.41) is 24.0. The average Bonchev–Trinajstić information content (AvgIpc) is 3.30. The standard InChI is InChI=1S/C53H79NO12/c1-11-39-26-32(2)25-33(3)27-46(62-9)49-47(63-10)29-36(6)53(60,66-49)50(57)51(58)54-23-15-14-20-41(54)52(59)65-48(37(7)42(55)31-43(39)56)35(5)28-38-21-22-44(45(30-38)61-8)64-24-16-19-40-18-13-12-17-34(40)4/h12-13,16-19,26,28,33,36-39,41-42,44-49,55,60H,11,14-15,20-25,27,29-31H2,1-10H3. The molecule has 0 spiro atoms. The third-order valence-corrected chi connectivity index (χ3v) is 14.8. The van der Waals surface area contributed by atoms with Crippen molar-refractivity contribution in [3.05, 3.63) is 64.8 Å². The Morgan fingerprint density at radius 2 is 1.59 bits per heavy atom. The fraction of sp³-hybridized carbons (Fsp3) is 0.698. The number of rotatable bonds is 10. The molecular formula is C53H79NO12. The molecule has 2 saturated heterocycles. The van der Waals surface area contributed by atoms with Gasteiger partial charge in [0, 0.05) is 52.0 Å². The van der Waals surface area contributed by atoms with Crippen LogP contribution in [0.3, 0.4) is 0 Å². The van der Waals surface area contributed by atoms with Gasteiger partial charge < -0.3 is 43.5 Å². The molecule has 4 aliphatic rings. The maximum absolute atomic E-state index is 14.5. The minimum Gasteiger partial charge on any atom is -0.456 e. The molecule has 3 fully saturated rings. The van der Waals surface area contributed by atoms with Crippen LogP contribution in [-0.2, 0) is 47.6 Å². The van der Waals surface area contributed by atoms with Crippen molar-refractivity contribution in [2.24, 2.45) is 29.6 Å². The molecule has 1 aliphatic carbocycles. The lowest BCUT2D eigenvalue weighted by molar-refractivity contribution is -0.302.